The number of primary amides is 1. The van der Waals surface area contributed by atoms with Crippen LogP contribution in [0.25, 0.3) is 11.8 Å². The zero-order valence-corrected chi connectivity index (χ0v) is 13.8. The zero-order valence-electron chi connectivity index (χ0n) is 13.8. The highest BCUT2D eigenvalue weighted by atomic mass is 16.2. The maximum Gasteiger partial charge on any atom is 0.247 e. The molecule has 0 saturated heterocycles. The SMILES string of the molecule is CCCCN(CC(N)=O)C(=O)/C=C/c1cnn(-c2ccccc2)c1. The lowest BCUT2D eigenvalue weighted by Crippen LogP contribution is -2.38. The summed E-state index contributed by atoms with van der Waals surface area (Å²) in [5.74, 6) is -0.737. The van der Waals surface area contributed by atoms with E-state index in [1.165, 1.54) is 11.0 Å². The van der Waals surface area contributed by atoms with Gasteiger partial charge in [0, 0.05) is 24.4 Å². The summed E-state index contributed by atoms with van der Waals surface area (Å²) in [6.45, 7) is 2.49. The number of carbonyl (C=O) groups excluding carboxylic acids is 2. The summed E-state index contributed by atoms with van der Waals surface area (Å²) >= 11 is 0. The van der Waals surface area contributed by atoms with E-state index in [1.54, 1.807) is 17.0 Å². The Morgan fingerprint density at radius 3 is 2.71 bits per heavy atom. The van der Waals surface area contributed by atoms with E-state index in [0.29, 0.717) is 6.54 Å². The number of hydrogen-bond acceptors (Lipinski definition) is 3. The number of unbranched alkanes of at least 4 members (excludes halogenated alkanes) is 1. The van der Waals surface area contributed by atoms with E-state index in [0.717, 1.165) is 24.1 Å². The van der Waals surface area contributed by atoms with Crippen molar-refractivity contribution in [2.24, 2.45) is 5.73 Å². The average Bonchev–Trinajstić information content (AvgIpc) is 3.06. The smallest absolute Gasteiger partial charge is 0.247 e. The first-order chi connectivity index (χ1) is 11.6. The van der Waals surface area contributed by atoms with Crippen molar-refractivity contribution in [3.05, 3.63) is 54.4 Å². The van der Waals surface area contributed by atoms with Gasteiger partial charge in [0.15, 0.2) is 0 Å². The second kappa shape index (κ2) is 8.67. The van der Waals surface area contributed by atoms with Crippen LogP contribution in [0.5, 0.6) is 0 Å². The predicted molar refractivity (Wildman–Crippen MR) is 93.3 cm³/mol. The van der Waals surface area contributed by atoms with Gasteiger partial charge < -0.3 is 10.6 Å². The Labute approximate surface area is 141 Å². The van der Waals surface area contributed by atoms with Crippen LogP contribution in [0.4, 0.5) is 0 Å². The molecule has 6 heteroatoms. The number of carbonyl (C=O) groups is 2. The van der Waals surface area contributed by atoms with Crippen molar-refractivity contribution in [2.75, 3.05) is 13.1 Å². The molecule has 2 aromatic rings. The molecule has 6 nitrogen and oxygen atoms in total. The summed E-state index contributed by atoms with van der Waals surface area (Å²) in [5.41, 5.74) is 6.96. The van der Waals surface area contributed by atoms with Crippen LogP contribution in [-0.4, -0.2) is 39.6 Å². The lowest BCUT2D eigenvalue weighted by molar-refractivity contribution is -0.131. The number of para-hydroxylation sites is 1. The summed E-state index contributed by atoms with van der Waals surface area (Å²) in [6.07, 6.45) is 8.43. The summed E-state index contributed by atoms with van der Waals surface area (Å²) in [5, 5.41) is 4.27. The fourth-order valence-electron chi connectivity index (χ4n) is 2.22. The van der Waals surface area contributed by atoms with E-state index in [9.17, 15) is 9.59 Å². The number of benzene rings is 1. The van der Waals surface area contributed by atoms with Crippen molar-refractivity contribution < 1.29 is 9.59 Å². The van der Waals surface area contributed by atoms with E-state index >= 15 is 0 Å². The van der Waals surface area contributed by atoms with Crippen LogP contribution in [0.3, 0.4) is 0 Å². The number of amides is 2. The van der Waals surface area contributed by atoms with E-state index in [4.69, 9.17) is 5.73 Å². The van der Waals surface area contributed by atoms with Crippen LogP contribution in [-0.2, 0) is 9.59 Å². The highest BCUT2D eigenvalue weighted by molar-refractivity contribution is 5.94. The fourth-order valence-corrected chi connectivity index (χ4v) is 2.22. The van der Waals surface area contributed by atoms with Gasteiger partial charge in [0.1, 0.15) is 0 Å². The van der Waals surface area contributed by atoms with Crippen LogP contribution in [0, 0.1) is 0 Å². The van der Waals surface area contributed by atoms with Crippen LogP contribution in [0.1, 0.15) is 25.3 Å². The third-order valence-corrected chi connectivity index (χ3v) is 3.48. The van der Waals surface area contributed by atoms with E-state index < -0.39 is 5.91 Å². The Morgan fingerprint density at radius 2 is 2.04 bits per heavy atom. The molecule has 126 valence electrons. The van der Waals surface area contributed by atoms with Gasteiger partial charge >= 0.3 is 0 Å². The Balaban J connectivity index is 2.04. The predicted octanol–water partition coefficient (Wildman–Crippen LogP) is 2.00. The average molecular weight is 326 g/mol. The topological polar surface area (TPSA) is 81.2 Å². The molecule has 0 radical (unpaired) electrons. The van der Waals surface area contributed by atoms with Crippen molar-refractivity contribution in [1.82, 2.24) is 14.7 Å². The molecule has 2 rings (SSSR count). The highest BCUT2D eigenvalue weighted by Gasteiger charge is 2.12. The van der Waals surface area contributed by atoms with Crippen LogP contribution in [0.15, 0.2) is 48.8 Å². The summed E-state index contributed by atoms with van der Waals surface area (Å²) in [7, 11) is 0. The summed E-state index contributed by atoms with van der Waals surface area (Å²) in [6, 6.07) is 9.71. The first-order valence-corrected chi connectivity index (χ1v) is 7.95. The third-order valence-electron chi connectivity index (χ3n) is 3.48. The minimum atomic E-state index is -0.509. The zero-order chi connectivity index (χ0) is 17.4. The van der Waals surface area contributed by atoms with Gasteiger partial charge in [0.25, 0.3) is 0 Å². The molecule has 1 heterocycles. The second-order valence-electron chi connectivity index (χ2n) is 5.47. The Hall–Kier alpha value is -2.89. The van der Waals surface area contributed by atoms with Gasteiger partial charge in [-0.25, -0.2) is 4.68 Å². The van der Waals surface area contributed by atoms with E-state index in [2.05, 4.69) is 5.10 Å². The molecule has 2 N–H and O–H groups in total. The Morgan fingerprint density at radius 1 is 1.29 bits per heavy atom. The molecule has 2 amide bonds. The molecule has 1 aromatic heterocycles. The molecule has 0 aliphatic carbocycles. The number of hydrogen-bond donors (Lipinski definition) is 1. The molecular formula is C18H22N4O2. The van der Waals surface area contributed by atoms with E-state index in [1.807, 2.05) is 43.5 Å². The van der Waals surface area contributed by atoms with Gasteiger partial charge in [-0.15, -0.1) is 0 Å². The van der Waals surface area contributed by atoms with Crippen molar-refractivity contribution in [3.63, 3.8) is 0 Å². The molecule has 0 atom stereocenters. The minimum absolute atomic E-state index is 0.0630. The number of nitrogens with two attached hydrogens (primary N) is 1. The van der Waals surface area contributed by atoms with Crippen molar-refractivity contribution in [1.29, 1.82) is 0 Å². The Kier molecular flexibility index (Phi) is 6.31. The van der Waals surface area contributed by atoms with Gasteiger partial charge in [-0.05, 0) is 24.6 Å². The molecular weight excluding hydrogens is 304 g/mol. The van der Waals surface area contributed by atoms with Crippen LogP contribution >= 0.6 is 0 Å². The maximum absolute atomic E-state index is 12.2. The summed E-state index contributed by atoms with van der Waals surface area (Å²) < 4.78 is 1.74. The second-order valence-corrected chi connectivity index (χ2v) is 5.47. The molecule has 0 bridgehead atoms. The van der Waals surface area contributed by atoms with Crippen LogP contribution < -0.4 is 5.73 Å². The molecule has 0 unspecified atom stereocenters. The van der Waals surface area contributed by atoms with Crippen LogP contribution in [0.2, 0.25) is 0 Å². The largest absolute Gasteiger partial charge is 0.368 e. The molecule has 24 heavy (non-hydrogen) atoms. The quantitative estimate of drug-likeness (QED) is 0.753. The Bertz CT molecular complexity index is 707. The minimum Gasteiger partial charge on any atom is -0.368 e. The normalized spacial score (nSPS) is 10.9. The molecule has 0 fully saturated rings. The van der Waals surface area contributed by atoms with Crippen molar-refractivity contribution in [2.45, 2.75) is 19.8 Å². The first-order valence-electron chi connectivity index (χ1n) is 7.95. The highest BCUT2D eigenvalue weighted by Crippen LogP contribution is 2.09. The fraction of sp³-hybridized carbons (Fsp3) is 0.278. The third kappa shape index (κ3) is 5.08. The number of nitrogens with zero attached hydrogens (tertiary/aromatic N) is 3. The standard InChI is InChI=1S/C18H22N4O2/c1-2-3-11-21(14-17(19)23)18(24)10-9-15-12-20-22(13-15)16-7-5-4-6-8-16/h4-10,12-13H,2-3,11,14H2,1H3,(H2,19,23)/b10-9+. The van der Waals surface area contributed by atoms with Gasteiger partial charge in [-0.3, -0.25) is 9.59 Å². The van der Waals surface area contributed by atoms with Gasteiger partial charge in [-0.2, -0.15) is 5.10 Å². The van der Waals surface area contributed by atoms with Gasteiger partial charge in [0.05, 0.1) is 18.4 Å². The monoisotopic (exact) mass is 326 g/mol. The van der Waals surface area contributed by atoms with E-state index in [-0.39, 0.29) is 12.5 Å². The lowest BCUT2D eigenvalue weighted by Gasteiger charge is -2.18. The van der Waals surface area contributed by atoms with Crippen molar-refractivity contribution >= 4 is 17.9 Å². The van der Waals surface area contributed by atoms with Crippen molar-refractivity contribution in [3.8, 4) is 5.69 Å². The molecule has 0 spiro atoms. The maximum atomic E-state index is 12.2. The number of aromatic nitrogens is 2. The van der Waals surface area contributed by atoms with Gasteiger partial charge in [-0.1, -0.05) is 31.5 Å². The molecule has 0 saturated carbocycles. The molecule has 0 aliphatic heterocycles. The lowest BCUT2D eigenvalue weighted by atomic mass is 10.2. The summed E-state index contributed by atoms with van der Waals surface area (Å²) in [4.78, 5) is 24.8. The van der Waals surface area contributed by atoms with Gasteiger partial charge in [0.2, 0.25) is 11.8 Å². The first kappa shape index (κ1) is 17.5. The molecule has 0 aliphatic rings. The number of rotatable bonds is 8. The molecule has 1 aromatic carbocycles.